The van der Waals surface area contributed by atoms with Crippen molar-refractivity contribution in [3.63, 3.8) is 0 Å². The molecule has 0 aromatic carbocycles. The first kappa shape index (κ1) is 13.0. The minimum Gasteiger partial charge on any atom is -0.335 e. The Morgan fingerprint density at radius 1 is 1.47 bits per heavy atom. The van der Waals surface area contributed by atoms with E-state index >= 15 is 0 Å². The third-order valence-corrected chi connectivity index (χ3v) is 5.69. The third-order valence-electron chi connectivity index (χ3n) is 3.06. The largest absolute Gasteiger partial charge is 0.335 e. The number of aromatic nitrogens is 2. The van der Waals surface area contributed by atoms with E-state index in [1.807, 2.05) is 0 Å². The number of hydrogen-bond acceptors (Lipinski definition) is 3. The number of nitrogens with one attached hydrogen (secondary N) is 1. The molecule has 1 fully saturated rings. The Bertz CT molecular complexity index is 446. The predicted octanol–water partition coefficient (Wildman–Crippen LogP) is 1.74. The van der Waals surface area contributed by atoms with Crippen LogP contribution in [-0.4, -0.2) is 40.6 Å². The molecule has 0 amide bonds. The molecule has 1 aliphatic heterocycles. The van der Waals surface area contributed by atoms with Gasteiger partial charge in [-0.1, -0.05) is 28.8 Å². The van der Waals surface area contributed by atoms with Gasteiger partial charge in [0, 0.05) is 17.9 Å². The lowest BCUT2D eigenvalue weighted by atomic mass is 10.1. The topological polar surface area (TPSA) is 66.1 Å². The number of nitrogens with zero attached hydrogens (tertiary/aromatic N) is 2. The number of rotatable bonds is 3. The van der Waals surface area contributed by atoms with Crippen LogP contribution < -0.4 is 0 Å². The summed E-state index contributed by atoms with van der Waals surface area (Å²) in [5.74, 6) is 0. The molecule has 1 saturated heterocycles. The molecule has 2 rings (SSSR count). The Labute approximate surface area is 110 Å². The van der Waals surface area contributed by atoms with Crippen molar-refractivity contribution >= 4 is 26.0 Å². The van der Waals surface area contributed by atoms with E-state index in [0.29, 0.717) is 11.9 Å². The van der Waals surface area contributed by atoms with Gasteiger partial charge in [0.2, 0.25) is 0 Å². The summed E-state index contributed by atoms with van der Waals surface area (Å²) in [6, 6.07) is 0.0470. The second kappa shape index (κ2) is 5.49. The minimum atomic E-state index is -3.42. The number of imidazole rings is 1. The Hall–Kier alpha value is -0.400. The summed E-state index contributed by atoms with van der Waals surface area (Å²) in [5, 5.41) is 0.866. The maximum atomic E-state index is 12.4. The molecule has 1 unspecified atom stereocenters. The maximum absolute atomic E-state index is 12.4. The van der Waals surface area contributed by atoms with Gasteiger partial charge in [-0.3, -0.25) is 0 Å². The second-order valence-corrected chi connectivity index (χ2v) is 6.70. The SMILES string of the molecule is O=S(=O)(c1cnc[nH]1)N1CCCCCC1CBr. The fourth-order valence-electron chi connectivity index (χ4n) is 2.13. The Morgan fingerprint density at radius 3 is 2.94 bits per heavy atom. The van der Waals surface area contributed by atoms with E-state index in [2.05, 4.69) is 25.9 Å². The van der Waals surface area contributed by atoms with Gasteiger partial charge in [-0.2, -0.15) is 4.31 Å². The van der Waals surface area contributed by atoms with Gasteiger partial charge in [-0.25, -0.2) is 13.4 Å². The number of aromatic amines is 1. The summed E-state index contributed by atoms with van der Waals surface area (Å²) >= 11 is 3.41. The van der Waals surface area contributed by atoms with E-state index in [0.717, 1.165) is 25.7 Å². The lowest BCUT2D eigenvalue weighted by molar-refractivity contribution is 0.346. The van der Waals surface area contributed by atoms with Crippen LogP contribution in [0.25, 0.3) is 0 Å². The van der Waals surface area contributed by atoms with Crippen molar-refractivity contribution in [3.05, 3.63) is 12.5 Å². The lowest BCUT2D eigenvalue weighted by Crippen LogP contribution is -2.41. The standard InChI is InChI=1S/C10H16BrN3O2S/c11-6-9-4-2-1-3-5-14(9)17(15,16)10-7-12-8-13-10/h7-9H,1-6H2,(H,12,13). The first-order valence-corrected chi connectivity index (χ1v) is 8.28. The van der Waals surface area contributed by atoms with Crippen LogP contribution in [0.15, 0.2) is 17.6 Å². The molecule has 0 saturated carbocycles. The molecular formula is C10H16BrN3O2S. The predicted molar refractivity (Wildman–Crippen MR) is 68.5 cm³/mol. The third kappa shape index (κ3) is 2.71. The Kier molecular flexibility index (Phi) is 4.22. The molecule has 1 aromatic rings. The van der Waals surface area contributed by atoms with Gasteiger partial charge >= 0.3 is 0 Å². The molecule has 7 heteroatoms. The van der Waals surface area contributed by atoms with Gasteiger partial charge in [0.25, 0.3) is 10.0 Å². The van der Waals surface area contributed by atoms with E-state index in [1.54, 1.807) is 4.31 Å². The van der Waals surface area contributed by atoms with Crippen molar-refractivity contribution in [1.29, 1.82) is 0 Å². The number of sulfonamides is 1. The molecule has 5 nitrogen and oxygen atoms in total. The van der Waals surface area contributed by atoms with Gasteiger partial charge in [0.05, 0.1) is 12.5 Å². The fourth-order valence-corrected chi connectivity index (χ4v) is 4.59. The molecule has 17 heavy (non-hydrogen) atoms. The molecule has 0 radical (unpaired) electrons. The maximum Gasteiger partial charge on any atom is 0.260 e. The number of H-pyrrole nitrogens is 1. The van der Waals surface area contributed by atoms with Crippen LogP contribution in [0, 0.1) is 0 Å². The van der Waals surface area contributed by atoms with E-state index in [4.69, 9.17) is 0 Å². The van der Waals surface area contributed by atoms with Crippen LogP contribution in [0.4, 0.5) is 0 Å². The minimum absolute atomic E-state index is 0.0470. The smallest absolute Gasteiger partial charge is 0.260 e. The van der Waals surface area contributed by atoms with Crippen LogP contribution in [0.3, 0.4) is 0 Å². The highest BCUT2D eigenvalue weighted by Gasteiger charge is 2.32. The van der Waals surface area contributed by atoms with Crippen molar-refractivity contribution in [1.82, 2.24) is 14.3 Å². The van der Waals surface area contributed by atoms with Gasteiger partial charge in [-0.05, 0) is 12.8 Å². The summed E-state index contributed by atoms with van der Waals surface area (Å²) < 4.78 is 26.4. The number of hydrogen-bond donors (Lipinski definition) is 1. The van der Waals surface area contributed by atoms with Crippen molar-refractivity contribution < 1.29 is 8.42 Å². The summed E-state index contributed by atoms with van der Waals surface area (Å²) in [7, 11) is -3.42. The molecule has 1 N–H and O–H groups in total. The van der Waals surface area contributed by atoms with Crippen LogP contribution >= 0.6 is 15.9 Å². The van der Waals surface area contributed by atoms with Crippen molar-refractivity contribution in [2.75, 3.05) is 11.9 Å². The van der Waals surface area contributed by atoms with Crippen molar-refractivity contribution in [2.45, 2.75) is 36.8 Å². The van der Waals surface area contributed by atoms with Crippen LogP contribution in [-0.2, 0) is 10.0 Å². The number of halogens is 1. The highest BCUT2D eigenvalue weighted by Crippen LogP contribution is 2.24. The summed E-state index contributed by atoms with van der Waals surface area (Å²) in [6.45, 7) is 0.595. The Balaban J connectivity index is 2.29. The first-order valence-electron chi connectivity index (χ1n) is 5.72. The molecular weight excluding hydrogens is 306 g/mol. The van der Waals surface area contributed by atoms with Gasteiger partial charge < -0.3 is 4.98 Å². The summed E-state index contributed by atoms with van der Waals surface area (Å²) in [4.78, 5) is 6.47. The van der Waals surface area contributed by atoms with Gasteiger partial charge in [0.1, 0.15) is 0 Å². The van der Waals surface area contributed by atoms with E-state index < -0.39 is 10.0 Å². The average molecular weight is 322 g/mol. The molecule has 1 aromatic heterocycles. The summed E-state index contributed by atoms with van der Waals surface area (Å²) in [6.07, 6.45) is 6.79. The zero-order valence-corrected chi connectivity index (χ0v) is 11.9. The zero-order valence-electron chi connectivity index (χ0n) is 9.47. The van der Waals surface area contributed by atoms with Crippen molar-refractivity contribution in [3.8, 4) is 0 Å². The molecule has 1 aliphatic rings. The molecule has 1 atom stereocenters. The fraction of sp³-hybridized carbons (Fsp3) is 0.700. The quantitative estimate of drug-likeness (QED) is 0.862. The van der Waals surface area contributed by atoms with Crippen LogP contribution in [0.5, 0.6) is 0 Å². The Morgan fingerprint density at radius 2 is 2.29 bits per heavy atom. The van der Waals surface area contributed by atoms with Crippen LogP contribution in [0.2, 0.25) is 0 Å². The second-order valence-electron chi connectivity index (χ2n) is 4.19. The van der Waals surface area contributed by atoms with Gasteiger partial charge in [-0.15, -0.1) is 0 Å². The lowest BCUT2D eigenvalue weighted by Gasteiger charge is -2.26. The zero-order chi connectivity index (χ0) is 12.3. The highest BCUT2D eigenvalue weighted by atomic mass is 79.9. The monoisotopic (exact) mass is 321 g/mol. The molecule has 0 bridgehead atoms. The highest BCUT2D eigenvalue weighted by molar-refractivity contribution is 9.09. The molecule has 2 heterocycles. The van der Waals surface area contributed by atoms with Crippen molar-refractivity contribution in [2.24, 2.45) is 0 Å². The van der Waals surface area contributed by atoms with E-state index in [-0.39, 0.29) is 11.1 Å². The number of alkyl halides is 1. The van der Waals surface area contributed by atoms with E-state index in [9.17, 15) is 8.42 Å². The summed E-state index contributed by atoms with van der Waals surface area (Å²) in [5.41, 5.74) is 0. The van der Waals surface area contributed by atoms with E-state index in [1.165, 1.54) is 12.5 Å². The molecule has 0 spiro atoms. The normalized spacial score (nSPS) is 23.5. The average Bonchev–Trinajstić information content (AvgIpc) is 2.74. The van der Waals surface area contributed by atoms with Gasteiger partial charge in [0.15, 0.2) is 5.03 Å². The first-order chi connectivity index (χ1) is 8.16. The van der Waals surface area contributed by atoms with Crippen LogP contribution in [0.1, 0.15) is 25.7 Å². The molecule has 96 valence electrons. The molecule has 0 aliphatic carbocycles.